The molecule has 0 N–H and O–H groups in total. The highest BCUT2D eigenvalue weighted by Crippen LogP contribution is 2.37. The summed E-state index contributed by atoms with van der Waals surface area (Å²) in [5.41, 5.74) is 0.586. The van der Waals surface area contributed by atoms with Gasteiger partial charge >= 0.3 is 5.97 Å². The van der Waals surface area contributed by atoms with Gasteiger partial charge in [0.25, 0.3) is 0 Å². The Morgan fingerprint density at radius 2 is 2.26 bits per heavy atom. The topological polar surface area (TPSA) is 61.6 Å². The molecule has 2 aromatic heterocycles. The molecule has 5 nitrogen and oxygen atoms in total. The van der Waals surface area contributed by atoms with E-state index in [1.165, 1.54) is 11.3 Å². The number of aromatic nitrogens is 1. The number of rotatable bonds is 3. The van der Waals surface area contributed by atoms with Crippen molar-refractivity contribution >= 4 is 38.4 Å². The molecule has 19 heavy (non-hydrogen) atoms. The van der Waals surface area contributed by atoms with Crippen LogP contribution in [-0.2, 0) is 4.74 Å². The van der Waals surface area contributed by atoms with E-state index in [1.54, 1.807) is 26.3 Å². The Morgan fingerprint density at radius 3 is 3.00 bits per heavy atom. The molecular weight excluding hydrogens is 266 g/mol. The first-order chi connectivity index (χ1) is 9.24. The van der Waals surface area contributed by atoms with Gasteiger partial charge in [-0.2, -0.15) is 0 Å². The number of hydrogen-bond acceptors (Lipinski definition) is 6. The lowest BCUT2D eigenvalue weighted by molar-refractivity contribution is 0.0532. The molecule has 6 heteroatoms. The Morgan fingerprint density at radius 1 is 1.42 bits per heavy atom. The normalized spacial score (nSPS) is 11.1. The third-order valence-corrected chi connectivity index (χ3v) is 3.87. The van der Waals surface area contributed by atoms with Gasteiger partial charge in [-0.3, -0.25) is 0 Å². The zero-order valence-electron chi connectivity index (χ0n) is 10.4. The lowest BCUT2D eigenvalue weighted by Gasteiger charge is -1.99. The van der Waals surface area contributed by atoms with E-state index < -0.39 is 0 Å². The van der Waals surface area contributed by atoms with Crippen LogP contribution in [0.3, 0.4) is 0 Å². The van der Waals surface area contributed by atoms with Crippen molar-refractivity contribution in [1.29, 1.82) is 0 Å². The lowest BCUT2D eigenvalue weighted by Crippen LogP contribution is -2.01. The maximum absolute atomic E-state index is 11.8. The first kappa shape index (κ1) is 12.0. The average Bonchev–Trinajstić information content (AvgIpc) is 3.03. The molecule has 0 aliphatic carbocycles. The second-order valence-corrected chi connectivity index (χ2v) is 4.97. The summed E-state index contributed by atoms with van der Waals surface area (Å²) in [6, 6.07) is 3.65. The molecule has 0 bridgehead atoms. The molecule has 3 rings (SSSR count). The van der Waals surface area contributed by atoms with Crippen molar-refractivity contribution in [2.75, 3.05) is 13.7 Å². The van der Waals surface area contributed by atoms with Crippen LogP contribution in [0.4, 0.5) is 0 Å². The van der Waals surface area contributed by atoms with Crippen molar-refractivity contribution in [3.8, 4) is 5.75 Å². The first-order valence-corrected chi connectivity index (χ1v) is 6.58. The number of carbonyl (C=O) groups excluding carboxylic acids is 1. The second kappa shape index (κ2) is 4.55. The number of thiophene rings is 1. The molecule has 3 aromatic rings. The Labute approximate surface area is 112 Å². The zero-order chi connectivity index (χ0) is 13.4. The van der Waals surface area contributed by atoms with E-state index in [0.717, 1.165) is 15.5 Å². The van der Waals surface area contributed by atoms with Crippen LogP contribution in [0, 0.1) is 0 Å². The molecule has 0 atom stereocenters. The van der Waals surface area contributed by atoms with Crippen molar-refractivity contribution in [3.05, 3.63) is 23.2 Å². The van der Waals surface area contributed by atoms with Gasteiger partial charge in [0.2, 0.25) is 5.58 Å². The number of benzene rings is 1. The summed E-state index contributed by atoms with van der Waals surface area (Å²) in [6.07, 6.45) is 1.63. The predicted molar refractivity (Wildman–Crippen MR) is 71.9 cm³/mol. The van der Waals surface area contributed by atoms with Gasteiger partial charge in [0.05, 0.1) is 25.3 Å². The van der Waals surface area contributed by atoms with E-state index in [9.17, 15) is 4.79 Å². The van der Waals surface area contributed by atoms with Crippen molar-refractivity contribution in [3.63, 3.8) is 0 Å². The maximum Gasteiger partial charge on any atom is 0.348 e. The molecule has 0 amide bonds. The van der Waals surface area contributed by atoms with E-state index in [1.807, 2.05) is 6.07 Å². The molecule has 0 fully saturated rings. The Bertz CT molecular complexity index is 759. The lowest BCUT2D eigenvalue weighted by atomic mass is 10.1. The van der Waals surface area contributed by atoms with Crippen molar-refractivity contribution < 1.29 is 18.8 Å². The minimum absolute atomic E-state index is 0.313. The number of esters is 1. The molecule has 2 heterocycles. The number of nitrogens with zero attached hydrogens (tertiary/aromatic N) is 1. The maximum atomic E-state index is 11.8. The molecule has 98 valence electrons. The smallest absolute Gasteiger partial charge is 0.348 e. The van der Waals surface area contributed by atoms with Crippen LogP contribution in [0.25, 0.3) is 21.1 Å². The Kier molecular flexibility index (Phi) is 2.87. The van der Waals surface area contributed by atoms with Crippen LogP contribution >= 0.6 is 11.3 Å². The van der Waals surface area contributed by atoms with Crippen molar-refractivity contribution in [2.45, 2.75) is 6.92 Å². The van der Waals surface area contributed by atoms with E-state index in [4.69, 9.17) is 14.0 Å². The molecule has 0 aliphatic rings. The fourth-order valence-electron chi connectivity index (χ4n) is 1.97. The van der Waals surface area contributed by atoms with Crippen LogP contribution in [-0.4, -0.2) is 24.8 Å². The third-order valence-electron chi connectivity index (χ3n) is 2.80. The molecule has 0 unspecified atom stereocenters. The number of ether oxygens (including phenoxy) is 2. The summed E-state index contributed by atoms with van der Waals surface area (Å²) in [4.78, 5) is 12.3. The Balaban J connectivity index is 2.24. The largest absolute Gasteiger partial charge is 0.493 e. The van der Waals surface area contributed by atoms with E-state index in [-0.39, 0.29) is 5.97 Å². The van der Waals surface area contributed by atoms with E-state index >= 15 is 0 Å². The molecule has 1 aromatic carbocycles. The average molecular weight is 277 g/mol. The van der Waals surface area contributed by atoms with Gasteiger partial charge in [-0.1, -0.05) is 5.16 Å². The number of fused-ring (bicyclic) bond motifs is 3. The highest BCUT2D eigenvalue weighted by Gasteiger charge is 2.17. The van der Waals surface area contributed by atoms with E-state index in [2.05, 4.69) is 5.16 Å². The number of hydrogen-bond donors (Lipinski definition) is 0. The van der Waals surface area contributed by atoms with Gasteiger partial charge in [-0.05, 0) is 13.0 Å². The van der Waals surface area contributed by atoms with Gasteiger partial charge in [-0.15, -0.1) is 11.3 Å². The predicted octanol–water partition coefficient (Wildman–Crippen LogP) is 3.23. The zero-order valence-corrected chi connectivity index (χ0v) is 11.2. The van der Waals surface area contributed by atoms with Gasteiger partial charge < -0.3 is 14.0 Å². The molecule has 0 saturated carbocycles. The summed E-state index contributed by atoms with van der Waals surface area (Å²) in [5.74, 6) is 0.296. The first-order valence-electron chi connectivity index (χ1n) is 5.76. The van der Waals surface area contributed by atoms with Gasteiger partial charge in [-0.25, -0.2) is 4.79 Å². The second-order valence-electron chi connectivity index (χ2n) is 3.89. The molecule has 0 aliphatic heterocycles. The summed E-state index contributed by atoms with van der Waals surface area (Å²) < 4.78 is 16.4. The minimum Gasteiger partial charge on any atom is -0.493 e. The van der Waals surface area contributed by atoms with E-state index in [0.29, 0.717) is 22.8 Å². The quantitative estimate of drug-likeness (QED) is 0.688. The van der Waals surface area contributed by atoms with Crippen LogP contribution in [0.2, 0.25) is 0 Å². The van der Waals surface area contributed by atoms with Crippen LogP contribution in [0.15, 0.2) is 22.9 Å². The molecular formula is C13H11NO4S. The summed E-state index contributed by atoms with van der Waals surface area (Å²) in [7, 11) is 1.57. The fraction of sp³-hybridized carbons (Fsp3) is 0.231. The van der Waals surface area contributed by atoms with Crippen LogP contribution in [0.5, 0.6) is 5.75 Å². The monoisotopic (exact) mass is 277 g/mol. The van der Waals surface area contributed by atoms with Crippen LogP contribution < -0.4 is 4.74 Å². The SMILES string of the molecule is CCOC(=O)c1cc2c(cc(OC)c3oncc32)s1. The fourth-order valence-corrected chi connectivity index (χ4v) is 2.97. The number of methoxy groups -OCH3 is 1. The standard InChI is InChI=1S/C13H11NO4S/c1-3-17-13(15)11-4-7-8-6-14-18-12(8)9(16-2)5-10(7)19-11/h4-6H,3H2,1-2H3. The highest BCUT2D eigenvalue weighted by molar-refractivity contribution is 7.21. The Hall–Kier alpha value is -2.08. The van der Waals surface area contributed by atoms with Crippen LogP contribution in [0.1, 0.15) is 16.6 Å². The minimum atomic E-state index is -0.313. The van der Waals surface area contributed by atoms with Crippen molar-refractivity contribution in [1.82, 2.24) is 5.16 Å². The molecule has 0 saturated heterocycles. The third kappa shape index (κ3) is 1.84. The molecule has 0 radical (unpaired) electrons. The van der Waals surface area contributed by atoms with Gasteiger partial charge in [0, 0.05) is 16.2 Å². The van der Waals surface area contributed by atoms with Crippen molar-refractivity contribution in [2.24, 2.45) is 0 Å². The van der Waals surface area contributed by atoms with Gasteiger partial charge in [0.15, 0.2) is 5.75 Å². The summed E-state index contributed by atoms with van der Waals surface area (Å²) >= 11 is 1.37. The molecule has 0 spiro atoms. The number of carbonyl (C=O) groups is 1. The van der Waals surface area contributed by atoms with Gasteiger partial charge in [0.1, 0.15) is 4.88 Å². The summed E-state index contributed by atoms with van der Waals surface area (Å²) in [6.45, 7) is 2.14. The summed E-state index contributed by atoms with van der Waals surface area (Å²) in [5, 5.41) is 5.54. The highest BCUT2D eigenvalue weighted by atomic mass is 32.1.